The molecule has 1 aliphatic carbocycles. The summed E-state index contributed by atoms with van der Waals surface area (Å²) in [7, 11) is 0. The van der Waals surface area contributed by atoms with Crippen LogP contribution in [0.3, 0.4) is 0 Å². The van der Waals surface area contributed by atoms with Crippen molar-refractivity contribution in [3.05, 3.63) is 34.9 Å². The van der Waals surface area contributed by atoms with Crippen LogP contribution < -0.4 is 5.32 Å². The number of halogens is 1. The lowest BCUT2D eigenvalue weighted by molar-refractivity contribution is 0.350. The first-order valence-electron chi connectivity index (χ1n) is 6.87. The monoisotopic (exact) mass is 318 g/mol. The Bertz CT molecular complexity index is 607. The lowest BCUT2D eigenvalue weighted by Gasteiger charge is -2.29. The van der Waals surface area contributed by atoms with Crippen molar-refractivity contribution in [2.24, 2.45) is 5.41 Å². The van der Waals surface area contributed by atoms with Gasteiger partial charge in [-0.05, 0) is 46.3 Å². The van der Waals surface area contributed by atoms with Gasteiger partial charge in [0.1, 0.15) is 0 Å². The van der Waals surface area contributed by atoms with E-state index in [-0.39, 0.29) is 0 Å². The summed E-state index contributed by atoms with van der Waals surface area (Å²) < 4.78 is 1.03. The average molecular weight is 319 g/mol. The smallest absolute Gasteiger partial charge is 0.0934 e. The molecule has 1 heterocycles. The Morgan fingerprint density at radius 3 is 2.95 bits per heavy atom. The van der Waals surface area contributed by atoms with Crippen LogP contribution in [-0.4, -0.2) is 11.0 Å². The molecular formula is C16H19BrN2. The number of hydrogen-bond acceptors (Lipinski definition) is 2. The third kappa shape index (κ3) is 2.48. The Hall–Kier alpha value is -1.09. The van der Waals surface area contributed by atoms with Gasteiger partial charge in [0, 0.05) is 22.1 Å². The van der Waals surface area contributed by atoms with E-state index in [1.807, 2.05) is 6.20 Å². The van der Waals surface area contributed by atoms with E-state index >= 15 is 0 Å². The molecule has 0 spiro atoms. The van der Waals surface area contributed by atoms with E-state index in [9.17, 15) is 0 Å². The standard InChI is InChI=1S/C16H19BrN2/c1-16(2)8-4-7-14(16)19-13-6-3-5-11-9-12(17)10-18-15(11)13/h3,5-6,9-10,14,19H,4,7-8H2,1-2H3. The first-order valence-corrected chi connectivity index (χ1v) is 7.66. The highest BCUT2D eigenvalue weighted by atomic mass is 79.9. The molecule has 1 atom stereocenters. The third-order valence-corrected chi connectivity index (χ3v) is 4.70. The number of aromatic nitrogens is 1. The maximum absolute atomic E-state index is 4.56. The highest BCUT2D eigenvalue weighted by molar-refractivity contribution is 9.10. The molecule has 19 heavy (non-hydrogen) atoms. The molecule has 3 rings (SSSR count). The fourth-order valence-electron chi connectivity index (χ4n) is 3.03. The quantitative estimate of drug-likeness (QED) is 0.843. The van der Waals surface area contributed by atoms with E-state index in [0.29, 0.717) is 11.5 Å². The van der Waals surface area contributed by atoms with Gasteiger partial charge in [0.15, 0.2) is 0 Å². The summed E-state index contributed by atoms with van der Waals surface area (Å²) in [5, 5.41) is 4.89. The molecule has 0 amide bonds. The third-order valence-electron chi connectivity index (χ3n) is 4.26. The zero-order valence-electron chi connectivity index (χ0n) is 11.4. The van der Waals surface area contributed by atoms with E-state index in [0.717, 1.165) is 15.7 Å². The highest BCUT2D eigenvalue weighted by Gasteiger charge is 2.34. The van der Waals surface area contributed by atoms with Crippen molar-refractivity contribution in [1.82, 2.24) is 4.98 Å². The first kappa shape index (κ1) is 12.9. The van der Waals surface area contributed by atoms with Crippen LogP contribution in [0, 0.1) is 5.41 Å². The molecule has 100 valence electrons. The van der Waals surface area contributed by atoms with E-state index in [4.69, 9.17) is 0 Å². The van der Waals surface area contributed by atoms with Gasteiger partial charge in [-0.2, -0.15) is 0 Å². The average Bonchev–Trinajstić information content (AvgIpc) is 2.69. The number of pyridine rings is 1. The molecule has 0 radical (unpaired) electrons. The Labute approximate surface area is 122 Å². The molecule has 1 aromatic carbocycles. The number of hydrogen-bond donors (Lipinski definition) is 1. The van der Waals surface area contributed by atoms with Crippen LogP contribution in [0.5, 0.6) is 0 Å². The predicted octanol–water partition coefficient (Wildman–Crippen LogP) is 4.99. The molecule has 1 unspecified atom stereocenters. The molecule has 0 saturated heterocycles. The molecule has 1 fully saturated rings. The van der Waals surface area contributed by atoms with Crippen molar-refractivity contribution in [3.63, 3.8) is 0 Å². The zero-order valence-corrected chi connectivity index (χ0v) is 13.0. The summed E-state index contributed by atoms with van der Waals surface area (Å²) in [4.78, 5) is 4.56. The fourth-order valence-corrected chi connectivity index (χ4v) is 3.38. The van der Waals surface area contributed by atoms with Crippen LogP contribution in [0.2, 0.25) is 0 Å². The maximum Gasteiger partial charge on any atom is 0.0934 e. The van der Waals surface area contributed by atoms with Gasteiger partial charge in [-0.3, -0.25) is 4.98 Å². The number of benzene rings is 1. The molecule has 1 aromatic heterocycles. The van der Waals surface area contributed by atoms with Gasteiger partial charge >= 0.3 is 0 Å². The number of rotatable bonds is 2. The number of nitrogens with one attached hydrogen (secondary N) is 1. The number of nitrogens with zero attached hydrogens (tertiary/aromatic N) is 1. The molecular weight excluding hydrogens is 300 g/mol. The second-order valence-corrected chi connectivity index (χ2v) is 7.02. The summed E-state index contributed by atoms with van der Waals surface area (Å²) in [6.07, 6.45) is 5.73. The maximum atomic E-state index is 4.56. The van der Waals surface area contributed by atoms with Crippen molar-refractivity contribution in [1.29, 1.82) is 0 Å². The Morgan fingerprint density at radius 1 is 1.37 bits per heavy atom. The summed E-state index contributed by atoms with van der Waals surface area (Å²) in [5.41, 5.74) is 2.59. The number of fused-ring (bicyclic) bond motifs is 1. The van der Waals surface area contributed by atoms with Crippen LogP contribution in [0.1, 0.15) is 33.1 Å². The van der Waals surface area contributed by atoms with Gasteiger partial charge in [-0.15, -0.1) is 0 Å². The van der Waals surface area contributed by atoms with Gasteiger partial charge in [0.2, 0.25) is 0 Å². The molecule has 3 heteroatoms. The Balaban J connectivity index is 1.97. The van der Waals surface area contributed by atoms with Gasteiger partial charge in [0.25, 0.3) is 0 Å². The normalized spacial score (nSPS) is 21.7. The highest BCUT2D eigenvalue weighted by Crippen LogP contribution is 2.39. The SMILES string of the molecule is CC1(C)CCCC1Nc1cccc2cc(Br)cnc12. The molecule has 1 saturated carbocycles. The Morgan fingerprint density at radius 2 is 2.21 bits per heavy atom. The lowest BCUT2D eigenvalue weighted by atomic mass is 9.87. The minimum Gasteiger partial charge on any atom is -0.380 e. The van der Waals surface area contributed by atoms with E-state index in [1.54, 1.807) is 0 Å². The van der Waals surface area contributed by atoms with Crippen molar-refractivity contribution in [2.45, 2.75) is 39.2 Å². The summed E-state index contributed by atoms with van der Waals surface area (Å²) in [6.45, 7) is 4.71. The predicted molar refractivity (Wildman–Crippen MR) is 84.5 cm³/mol. The molecule has 1 aliphatic rings. The van der Waals surface area contributed by atoms with Gasteiger partial charge in [0.05, 0.1) is 11.2 Å². The first-order chi connectivity index (χ1) is 9.06. The summed E-state index contributed by atoms with van der Waals surface area (Å²) in [6, 6.07) is 9.01. The van der Waals surface area contributed by atoms with Crippen molar-refractivity contribution >= 4 is 32.5 Å². The second kappa shape index (κ2) is 4.78. The van der Waals surface area contributed by atoms with Crippen LogP contribution in [0.4, 0.5) is 5.69 Å². The molecule has 1 N–H and O–H groups in total. The summed E-state index contributed by atoms with van der Waals surface area (Å²) in [5.74, 6) is 0. The van der Waals surface area contributed by atoms with Gasteiger partial charge in [-0.25, -0.2) is 0 Å². The molecule has 2 nitrogen and oxygen atoms in total. The van der Waals surface area contributed by atoms with Crippen molar-refractivity contribution in [3.8, 4) is 0 Å². The van der Waals surface area contributed by atoms with E-state index < -0.39 is 0 Å². The lowest BCUT2D eigenvalue weighted by Crippen LogP contribution is -2.30. The van der Waals surface area contributed by atoms with Gasteiger partial charge in [-0.1, -0.05) is 32.4 Å². The van der Waals surface area contributed by atoms with Crippen LogP contribution in [0.15, 0.2) is 34.9 Å². The zero-order chi connectivity index (χ0) is 13.5. The second-order valence-electron chi connectivity index (χ2n) is 6.11. The van der Waals surface area contributed by atoms with Crippen molar-refractivity contribution < 1.29 is 0 Å². The molecule has 2 aromatic rings. The Kier molecular flexibility index (Phi) is 3.25. The van der Waals surface area contributed by atoms with Crippen LogP contribution >= 0.6 is 15.9 Å². The minimum atomic E-state index is 0.373. The molecule has 0 bridgehead atoms. The fraction of sp³-hybridized carbons (Fsp3) is 0.438. The van der Waals surface area contributed by atoms with E-state index in [1.165, 1.54) is 24.6 Å². The number of para-hydroxylation sites is 1. The summed E-state index contributed by atoms with van der Waals surface area (Å²) >= 11 is 3.48. The van der Waals surface area contributed by atoms with Gasteiger partial charge < -0.3 is 5.32 Å². The number of anilines is 1. The molecule has 0 aliphatic heterocycles. The van der Waals surface area contributed by atoms with Crippen molar-refractivity contribution in [2.75, 3.05) is 5.32 Å². The van der Waals surface area contributed by atoms with E-state index in [2.05, 4.69) is 64.3 Å². The topological polar surface area (TPSA) is 24.9 Å². The largest absolute Gasteiger partial charge is 0.380 e. The van der Waals surface area contributed by atoms with Crippen LogP contribution in [0.25, 0.3) is 10.9 Å². The van der Waals surface area contributed by atoms with Crippen LogP contribution in [-0.2, 0) is 0 Å². The minimum absolute atomic E-state index is 0.373.